The lowest BCUT2D eigenvalue weighted by Gasteiger charge is -2.46. The smallest absolute Gasteiger partial charge is 0.238 e. The van der Waals surface area contributed by atoms with Crippen molar-refractivity contribution in [2.75, 3.05) is 18.5 Å². The van der Waals surface area contributed by atoms with Gasteiger partial charge in [-0.2, -0.15) is 0 Å². The van der Waals surface area contributed by atoms with Crippen LogP contribution in [0.4, 0.5) is 5.69 Å². The molecule has 0 aliphatic carbocycles. The molecule has 1 fully saturated rings. The number of aliphatic hydroxyl groups excluding tert-OH is 1. The van der Waals surface area contributed by atoms with E-state index in [1.807, 2.05) is 30.3 Å². The fourth-order valence-corrected chi connectivity index (χ4v) is 6.05. The first-order valence-electron chi connectivity index (χ1n) is 11.0. The minimum absolute atomic E-state index is 0.0679. The lowest BCUT2D eigenvalue weighted by atomic mass is 9.59. The predicted molar refractivity (Wildman–Crippen MR) is 138 cm³/mol. The van der Waals surface area contributed by atoms with Crippen molar-refractivity contribution in [2.45, 2.75) is 23.8 Å². The molecule has 0 aromatic heterocycles. The van der Waals surface area contributed by atoms with Crippen molar-refractivity contribution in [3.05, 3.63) is 91.9 Å². The van der Waals surface area contributed by atoms with E-state index in [0.29, 0.717) is 27.0 Å². The maximum absolute atomic E-state index is 14.1. The minimum Gasteiger partial charge on any atom is -0.491 e. The summed E-state index contributed by atoms with van der Waals surface area (Å²) in [5.41, 5.74) is 1.52. The van der Waals surface area contributed by atoms with Gasteiger partial charge in [-0.1, -0.05) is 57.3 Å². The van der Waals surface area contributed by atoms with E-state index < -0.39 is 17.4 Å². The summed E-state index contributed by atoms with van der Waals surface area (Å²) in [5.74, 6) is -0.507. The molecule has 2 aliphatic rings. The highest BCUT2D eigenvalue weighted by molar-refractivity contribution is 9.10. The Kier molecular flexibility index (Phi) is 6.53. The van der Waals surface area contributed by atoms with Crippen molar-refractivity contribution in [1.82, 2.24) is 5.32 Å². The number of hydrogen-bond donors (Lipinski definition) is 3. The maximum Gasteiger partial charge on any atom is 0.238 e. The van der Waals surface area contributed by atoms with Gasteiger partial charge in [0, 0.05) is 38.1 Å². The fraction of sp³-hybridized carbons (Fsp3) is 0.231. The molecule has 0 unspecified atom stereocenters. The molecule has 1 saturated heterocycles. The molecule has 2 heterocycles. The third kappa shape index (κ3) is 4.10. The lowest BCUT2D eigenvalue weighted by molar-refractivity contribution is -0.131. The molecule has 0 radical (unpaired) electrons. The van der Waals surface area contributed by atoms with Crippen molar-refractivity contribution in [3.8, 4) is 5.75 Å². The highest BCUT2D eigenvalue weighted by atomic mass is 79.9. The number of carbonyl (C=O) groups excluding carboxylic acids is 2. The molecule has 2 aliphatic heterocycles. The third-order valence-corrected chi connectivity index (χ3v) is 7.60. The van der Waals surface area contributed by atoms with Crippen molar-refractivity contribution < 1.29 is 19.4 Å². The lowest BCUT2D eigenvalue weighted by Crippen LogP contribution is -2.56. The van der Waals surface area contributed by atoms with Crippen molar-refractivity contribution in [1.29, 1.82) is 0 Å². The van der Waals surface area contributed by atoms with Gasteiger partial charge in [0.25, 0.3) is 0 Å². The van der Waals surface area contributed by atoms with Crippen LogP contribution in [0.5, 0.6) is 5.75 Å². The number of benzene rings is 3. The van der Waals surface area contributed by atoms with Crippen LogP contribution in [-0.4, -0.2) is 30.1 Å². The molecule has 0 saturated carbocycles. The number of ether oxygens (including phenoxy) is 1. The number of carbonyl (C=O) groups is 2. The van der Waals surface area contributed by atoms with Crippen LogP contribution in [-0.2, 0) is 15.0 Å². The highest BCUT2D eigenvalue weighted by Crippen LogP contribution is 2.58. The van der Waals surface area contributed by atoms with E-state index in [9.17, 15) is 14.7 Å². The normalized spacial score (nSPS) is 23.1. The van der Waals surface area contributed by atoms with E-state index in [2.05, 4.69) is 26.6 Å². The van der Waals surface area contributed by atoms with Gasteiger partial charge in [0.1, 0.15) is 17.8 Å². The average Bonchev–Trinajstić information content (AvgIpc) is 3.10. The van der Waals surface area contributed by atoms with E-state index >= 15 is 0 Å². The Bertz CT molecular complexity index is 1330. The monoisotopic (exact) mass is 574 g/mol. The number of rotatable bonds is 5. The molecular formula is C26H21BrCl2N2O4. The Morgan fingerprint density at radius 1 is 1.06 bits per heavy atom. The second-order valence-electron chi connectivity index (χ2n) is 8.58. The molecule has 0 bridgehead atoms. The largest absolute Gasteiger partial charge is 0.491 e. The summed E-state index contributed by atoms with van der Waals surface area (Å²) in [5, 5.41) is 16.4. The van der Waals surface area contributed by atoms with Crippen LogP contribution in [0.2, 0.25) is 10.0 Å². The molecule has 5 rings (SSSR count). The number of nitrogens with one attached hydrogen (secondary N) is 2. The van der Waals surface area contributed by atoms with Gasteiger partial charge in [-0.3, -0.25) is 9.59 Å². The number of piperidine rings is 1. The van der Waals surface area contributed by atoms with Crippen LogP contribution in [0.1, 0.15) is 35.1 Å². The third-order valence-electron chi connectivity index (χ3n) is 6.63. The summed E-state index contributed by atoms with van der Waals surface area (Å²) in [6.07, 6.45) is 0.0904. The Balaban J connectivity index is 1.80. The van der Waals surface area contributed by atoms with Gasteiger partial charge in [-0.05, 0) is 53.6 Å². The van der Waals surface area contributed by atoms with E-state index in [0.717, 1.165) is 15.6 Å². The minimum atomic E-state index is -1.21. The van der Waals surface area contributed by atoms with Crippen LogP contribution in [0, 0.1) is 0 Å². The predicted octanol–water partition coefficient (Wildman–Crippen LogP) is 5.36. The van der Waals surface area contributed by atoms with Crippen molar-refractivity contribution in [2.24, 2.45) is 0 Å². The summed E-state index contributed by atoms with van der Waals surface area (Å²) >= 11 is 16.1. The quantitative estimate of drug-likeness (QED) is 0.382. The van der Waals surface area contributed by atoms with Crippen molar-refractivity contribution in [3.63, 3.8) is 0 Å². The van der Waals surface area contributed by atoms with Gasteiger partial charge in [0.2, 0.25) is 11.8 Å². The zero-order valence-corrected chi connectivity index (χ0v) is 21.5. The second-order valence-corrected chi connectivity index (χ2v) is 10.4. The van der Waals surface area contributed by atoms with E-state index in [-0.39, 0.29) is 31.4 Å². The fourth-order valence-electron chi connectivity index (χ4n) is 5.30. The summed E-state index contributed by atoms with van der Waals surface area (Å²) in [6.45, 7) is -0.108. The van der Waals surface area contributed by atoms with E-state index in [4.69, 9.17) is 27.9 Å². The molecule has 180 valence electrons. The standard InChI is InChI=1S/C26H21BrCl2N2O4/c27-15-4-7-22(35-9-8-32)18(11-15)24-26(19-6-5-17(29)12-21(19)30-25(26)34)20(13-23(33)31-24)14-2-1-3-16(28)10-14/h1-7,10-12,20,24,32H,8-9,13H2,(H,30,34)(H,31,33)/t20-,24+,26-/m0/s1. The average molecular weight is 576 g/mol. The molecule has 3 aromatic rings. The molecule has 3 aromatic carbocycles. The number of anilines is 1. The van der Waals surface area contributed by atoms with Gasteiger partial charge in [-0.25, -0.2) is 0 Å². The Labute approximate surface area is 220 Å². The van der Waals surface area contributed by atoms with Gasteiger partial charge in [-0.15, -0.1) is 0 Å². The van der Waals surface area contributed by atoms with Crippen LogP contribution in [0.25, 0.3) is 0 Å². The Morgan fingerprint density at radius 3 is 2.63 bits per heavy atom. The number of hydrogen-bond acceptors (Lipinski definition) is 4. The zero-order chi connectivity index (χ0) is 24.7. The van der Waals surface area contributed by atoms with E-state index in [1.165, 1.54) is 0 Å². The molecule has 2 amide bonds. The van der Waals surface area contributed by atoms with Crippen molar-refractivity contribution >= 4 is 56.6 Å². The zero-order valence-electron chi connectivity index (χ0n) is 18.4. The van der Waals surface area contributed by atoms with Crippen LogP contribution in [0.15, 0.2) is 65.1 Å². The first-order valence-corrected chi connectivity index (χ1v) is 12.6. The Morgan fingerprint density at radius 2 is 1.86 bits per heavy atom. The maximum atomic E-state index is 14.1. The molecule has 35 heavy (non-hydrogen) atoms. The topological polar surface area (TPSA) is 87.7 Å². The first-order chi connectivity index (χ1) is 16.8. The summed E-state index contributed by atoms with van der Waals surface area (Å²) in [7, 11) is 0. The Hall–Kier alpha value is -2.58. The second kappa shape index (κ2) is 9.47. The highest BCUT2D eigenvalue weighted by Gasteiger charge is 2.61. The SMILES string of the molecule is O=C1C[C@@H](c2cccc(Cl)c2)[C@]2(C(=O)Nc3cc(Cl)ccc32)[C@@H](c2cc(Br)ccc2OCCO)N1. The number of halogens is 3. The van der Waals surface area contributed by atoms with Gasteiger partial charge >= 0.3 is 0 Å². The summed E-state index contributed by atoms with van der Waals surface area (Å²) < 4.78 is 6.60. The van der Waals surface area contributed by atoms with Gasteiger partial charge < -0.3 is 20.5 Å². The van der Waals surface area contributed by atoms with Gasteiger partial charge in [0.15, 0.2) is 0 Å². The van der Waals surface area contributed by atoms with Crippen LogP contribution in [0.3, 0.4) is 0 Å². The molecule has 6 nitrogen and oxygen atoms in total. The van der Waals surface area contributed by atoms with E-state index in [1.54, 1.807) is 30.3 Å². The van der Waals surface area contributed by atoms with Crippen LogP contribution < -0.4 is 15.4 Å². The summed E-state index contributed by atoms with van der Waals surface area (Å²) in [6, 6.07) is 17.2. The summed E-state index contributed by atoms with van der Waals surface area (Å²) in [4.78, 5) is 27.2. The first kappa shape index (κ1) is 24.1. The molecule has 9 heteroatoms. The van der Waals surface area contributed by atoms with Gasteiger partial charge in [0.05, 0.1) is 12.6 Å². The molecule has 1 spiro atoms. The molecular weight excluding hydrogens is 555 g/mol. The number of fused-ring (bicyclic) bond motifs is 2. The number of amides is 2. The van der Waals surface area contributed by atoms with Crippen LogP contribution >= 0.6 is 39.1 Å². The number of aliphatic hydroxyl groups is 1. The molecule has 3 N–H and O–H groups in total. The molecule has 3 atom stereocenters.